The van der Waals surface area contributed by atoms with Crippen LogP contribution in [0.25, 0.3) is 5.70 Å². The van der Waals surface area contributed by atoms with E-state index in [0.717, 1.165) is 6.07 Å². The first kappa shape index (κ1) is 13.9. The molecule has 0 saturated carbocycles. The second-order valence-corrected chi connectivity index (χ2v) is 4.91. The standard InChI is InChI=1S/C14H7Cl2FN3O/c15-10-4-2-1-3-9(10)13-14(19-20-18-13)21-12-6-5-8(17)7-11(12)16/h1-7H. The molecule has 0 saturated heterocycles. The molecule has 1 radical (unpaired) electrons. The molecule has 1 aliphatic rings. The molecule has 0 aromatic heterocycles. The smallest absolute Gasteiger partial charge is 0.269 e. The van der Waals surface area contributed by atoms with E-state index in [-0.39, 0.29) is 16.7 Å². The van der Waals surface area contributed by atoms with E-state index in [1.807, 2.05) is 6.07 Å². The molecule has 7 heteroatoms. The molecule has 4 nitrogen and oxygen atoms in total. The van der Waals surface area contributed by atoms with Crippen molar-refractivity contribution in [3.63, 3.8) is 0 Å². The molecule has 0 spiro atoms. The van der Waals surface area contributed by atoms with Crippen LogP contribution in [0, 0.1) is 5.82 Å². The van der Waals surface area contributed by atoms with Crippen LogP contribution >= 0.6 is 23.2 Å². The van der Waals surface area contributed by atoms with Gasteiger partial charge in [-0.05, 0) is 29.5 Å². The van der Waals surface area contributed by atoms with Gasteiger partial charge in [0, 0.05) is 5.56 Å². The molecule has 0 N–H and O–H groups in total. The van der Waals surface area contributed by atoms with Crippen molar-refractivity contribution < 1.29 is 9.13 Å². The highest BCUT2D eigenvalue weighted by Crippen LogP contribution is 2.33. The zero-order valence-corrected chi connectivity index (χ0v) is 11.9. The Hall–Kier alpha value is -2.11. The number of benzene rings is 2. The van der Waals surface area contributed by atoms with Gasteiger partial charge in [-0.25, -0.2) is 4.39 Å². The Balaban J connectivity index is 1.98. The van der Waals surface area contributed by atoms with Crippen LogP contribution in [0.3, 0.4) is 0 Å². The van der Waals surface area contributed by atoms with Crippen LogP contribution in [0.2, 0.25) is 10.0 Å². The third-order valence-electron chi connectivity index (χ3n) is 2.71. The van der Waals surface area contributed by atoms with Crippen molar-refractivity contribution in [2.75, 3.05) is 0 Å². The third-order valence-corrected chi connectivity index (χ3v) is 3.34. The maximum absolute atomic E-state index is 13.0. The summed E-state index contributed by atoms with van der Waals surface area (Å²) in [4.78, 5) is 0. The SMILES string of the molecule is Fc1ccc(OC2=C(c3ccccc3Cl)[N]N=N2)c(Cl)c1. The van der Waals surface area contributed by atoms with Crippen LogP contribution in [0.5, 0.6) is 5.75 Å². The van der Waals surface area contributed by atoms with Crippen molar-refractivity contribution in [2.45, 2.75) is 0 Å². The number of hydrogen-bond donors (Lipinski definition) is 0. The zero-order valence-electron chi connectivity index (χ0n) is 10.4. The first-order chi connectivity index (χ1) is 10.1. The lowest BCUT2D eigenvalue weighted by Gasteiger charge is -2.08. The summed E-state index contributed by atoms with van der Waals surface area (Å²) in [6.07, 6.45) is 0. The largest absolute Gasteiger partial charge is 0.434 e. The second-order valence-electron chi connectivity index (χ2n) is 4.10. The summed E-state index contributed by atoms with van der Waals surface area (Å²) in [5.74, 6) is -0.0457. The van der Waals surface area contributed by atoms with Crippen molar-refractivity contribution in [2.24, 2.45) is 10.3 Å². The van der Waals surface area contributed by atoms with Crippen LogP contribution in [0.1, 0.15) is 5.56 Å². The lowest BCUT2D eigenvalue weighted by Crippen LogP contribution is -2.00. The van der Waals surface area contributed by atoms with E-state index in [1.54, 1.807) is 18.2 Å². The molecule has 21 heavy (non-hydrogen) atoms. The summed E-state index contributed by atoms with van der Waals surface area (Å²) >= 11 is 12.0. The van der Waals surface area contributed by atoms with E-state index in [0.29, 0.717) is 16.3 Å². The van der Waals surface area contributed by atoms with Crippen LogP contribution in [-0.2, 0) is 0 Å². The normalized spacial score (nSPS) is 13.5. The molecule has 2 aromatic carbocycles. The van der Waals surface area contributed by atoms with Crippen molar-refractivity contribution in [3.05, 3.63) is 69.8 Å². The van der Waals surface area contributed by atoms with Gasteiger partial charge in [0.05, 0.1) is 10.0 Å². The lowest BCUT2D eigenvalue weighted by molar-refractivity contribution is 0.421. The lowest BCUT2D eigenvalue weighted by atomic mass is 10.1. The van der Waals surface area contributed by atoms with Crippen molar-refractivity contribution in [1.82, 2.24) is 5.43 Å². The van der Waals surface area contributed by atoms with E-state index >= 15 is 0 Å². The van der Waals surface area contributed by atoms with Gasteiger partial charge < -0.3 is 4.74 Å². The van der Waals surface area contributed by atoms with Gasteiger partial charge in [-0.2, -0.15) is 0 Å². The minimum atomic E-state index is -0.453. The monoisotopic (exact) mass is 322 g/mol. The molecular weight excluding hydrogens is 316 g/mol. The van der Waals surface area contributed by atoms with Gasteiger partial charge in [0.2, 0.25) is 0 Å². The Bertz CT molecular complexity index is 762. The molecule has 0 fully saturated rings. The fraction of sp³-hybridized carbons (Fsp3) is 0. The Kier molecular flexibility index (Phi) is 3.77. The van der Waals surface area contributed by atoms with Crippen molar-refractivity contribution >= 4 is 28.9 Å². The summed E-state index contributed by atoms with van der Waals surface area (Å²) < 4.78 is 18.6. The van der Waals surface area contributed by atoms with Crippen LogP contribution in [-0.4, -0.2) is 0 Å². The van der Waals surface area contributed by atoms with E-state index in [2.05, 4.69) is 15.8 Å². The molecule has 3 rings (SSSR count). The predicted octanol–water partition coefficient (Wildman–Crippen LogP) is 4.82. The van der Waals surface area contributed by atoms with Gasteiger partial charge in [0.25, 0.3) is 5.88 Å². The van der Waals surface area contributed by atoms with Crippen molar-refractivity contribution in [1.29, 1.82) is 0 Å². The van der Waals surface area contributed by atoms with Crippen LogP contribution in [0.4, 0.5) is 4.39 Å². The van der Waals surface area contributed by atoms with Gasteiger partial charge in [0.1, 0.15) is 11.6 Å². The molecule has 0 aliphatic carbocycles. The average Bonchev–Trinajstić information content (AvgIpc) is 2.90. The van der Waals surface area contributed by atoms with Gasteiger partial charge in [-0.15, -0.1) is 5.43 Å². The quantitative estimate of drug-likeness (QED) is 0.798. The highest BCUT2D eigenvalue weighted by Gasteiger charge is 2.21. The number of halogens is 3. The molecule has 1 aliphatic heterocycles. The molecule has 0 unspecified atom stereocenters. The predicted molar refractivity (Wildman–Crippen MR) is 77.4 cm³/mol. The second kappa shape index (κ2) is 5.71. The highest BCUT2D eigenvalue weighted by atomic mass is 35.5. The topological polar surface area (TPSA) is 48.0 Å². The Labute approximate surface area is 129 Å². The van der Waals surface area contributed by atoms with E-state index in [1.165, 1.54) is 12.1 Å². The Morgan fingerprint density at radius 2 is 1.81 bits per heavy atom. The fourth-order valence-electron chi connectivity index (χ4n) is 1.75. The molecule has 105 valence electrons. The van der Waals surface area contributed by atoms with Crippen LogP contribution < -0.4 is 10.2 Å². The number of hydrogen-bond acceptors (Lipinski definition) is 3. The molecule has 2 aromatic rings. The number of ether oxygens (including phenoxy) is 1. The van der Waals surface area contributed by atoms with E-state index in [4.69, 9.17) is 27.9 Å². The maximum atomic E-state index is 13.0. The highest BCUT2D eigenvalue weighted by molar-refractivity contribution is 6.32. The third kappa shape index (κ3) is 2.84. The summed E-state index contributed by atoms with van der Waals surface area (Å²) in [6, 6.07) is 10.9. The van der Waals surface area contributed by atoms with Crippen molar-refractivity contribution in [3.8, 4) is 5.75 Å². The van der Waals surface area contributed by atoms with Gasteiger partial charge in [-0.3, -0.25) is 0 Å². The minimum Gasteiger partial charge on any atom is -0.434 e. The molecule has 1 heterocycles. The minimum absolute atomic E-state index is 0.128. The molecule has 0 bridgehead atoms. The van der Waals surface area contributed by atoms with Gasteiger partial charge in [0.15, 0.2) is 5.70 Å². The summed E-state index contributed by atoms with van der Waals surface area (Å²) in [5, 5.41) is 8.00. The zero-order chi connectivity index (χ0) is 14.8. The fourth-order valence-corrected chi connectivity index (χ4v) is 2.18. The van der Waals surface area contributed by atoms with E-state index in [9.17, 15) is 4.39 Å². The van der Waals surface area contributed by atoms with E-state index < -0.39 is 5.82 Å². The van der Waals surface area contributed by atoms with Gasteiger partial charge >= 0.3 is 0 Å². The molecule has 0 atom stereocenters. The molecule has 0 amide bonds. The van der Waals surface area contributed by atoms with Crippen LogP contribution in [0.15, 0.2) is 58.7 Å². The maximum Gasteiger partial charge on any atom is 0.269 e. The first-order valence-electron chi connectivity index (χ1n) is 5.89. The summed E-state index contributed by atoms with van der Waals surface area (Å²) in [7, 11) is 0. The van der Waals surface area contributed by atoms with Gasteiger partial charge in [-0.1, -0.05) is 46.5 Å². The summed E-state index contributed by atoms with van der Waals surface area (Å²) in [5.41, 5.74) is 4.93. The first-order valence-corrected chi connectivity index (χ1v) is 6.64. The number of nitrogens with zero attached hydrogens (tertiary/aromatic N) is 3. The average molecular weight is 323 g/mol. The Morgan fingerprint density at radius 3 is 2.57 bits per heavy atom. The summed E-state index contributed by atoms with van der Waals surface area (Å²) in [6.45, 7) is 0. The number of rotatable bonds is 3. The Morgan fingerprint density at radius 1 is 1.00 bits per heavy atom. The molecular formula is C14H7Cl2FN3O.